The molecule has 24 heavy (non-hydrogen) atoms. The summed E-state index contributed by atoms with van der Waals surface area (Å²) in [6, 6.07) is 6.97. The van der Waals surface area contributed by atoms with Gasteiger partial charge in [-0.2, -0.15) is 5.10 Å². The number of benzene rings is 1. The Morgan fingerprint density at radius 2 is 2.25 bits per heavy atom. The Morgan fingerprint density at radius 3 is 2.83 bits per heavy atom. The number of halogens is 1. The molecule has 0 radical (unpaired) electrons. The molecule has 0 saturated carbocycles. The highest BCUT2D eigenvalue weighted by molar-refractivity contribution is 5.85. The van der Waals surface area contributed by atoms with Crippen molar-refractivity contribution in [3.05, 3.63) is 36.0 Å². The van der Waals surface area contributed by atoms with Gasteiger partial charge < -0.3 is 15.7 Å². The molecule has 6 nitrogen and oxygen atoms in total. The molecule has 2 heterocycles. The van der Waals surface area contributed by atoms with E-state index in [2.05, 4.69) is 15.7 Å². The van der Waals surface area contributed by atoms with Gasteiger partial charge in [-0.05, 0) is 38.4 Å². The molecule has 1 amide bonds. The Morgan fingerprint density at radius 1 is 1.46 bits per heavy atom. The zero-order valence-electron chi connectivity index (χ0n) is 13.8. The SMILES string of the molecule is C[C@H](NC(=O)C1CCCN1)c1ccc(-c2ccn(C)n2)cc1O.Cl. The number of aromatic hydroxyl groups is 1. The number of aryl methyl sites for hydroxylation is 1. The van der Waals surface area contributed by atoms with E-state index in [1.165, 1.54) is 0 Å². The summed E-state index contributed by atoms with van der Waals surface area (Å²) in [6.45, 7) is 2.76. The van der Waals surface area contributed by atoms with E-state index < -0.39 is 0 Å². The van der Waals surface area contributed by atoms with E-state index in [0.29, 0.717) is 5.56 Å². The Kier molecular flexibility index (Phi) is 5.85. The average Bonchev–Trinajstić information content (AvgIpc) is 3.18. The van der Waals surface area contributed by atoms with Crippen LogP contribution in [0.25, 0.3) is 11.3 Å². The van der Waals surface area contributed by atoms with Crippen LogP contribution in [0.5, 0.6) is 5.75 Å². The van der Waals surface area contributed by atoms with Gasteiger partial charge in [0.2, 0.25) is 5.91 Å². The monoisotopic (exact) mass is 350 g/mol. The number of amides is 1. The van der Waals surface area contributed by atoms with E-state index in [0.717, 1.165) is 30.6 Å². The van der Waals surface area contributed by atoms with Crippen molar-refractivity contribution in [3.63, 3.8) is 0 Å². The molecule has 1 aliphatic rings. The molecule has 7 heteroatoms. The number of rotatable bonds is 4. The van der Waals surface area contributed by atoms with Crippen LogP contribution in [0.4, 0.5) is 0 Å². The summed E-state index contributed by atoms with van der Waals surface area (Å²) in [5.41, 5.74) is 2.36. The lowest BCUT2D eigenvalue weighted by Crippen LogP contribution is -2.41. The molecule has 1 saturated heterocycles. The molecule has 3 rings (SSSR count). The van der Waals surface area contributed by atoms with E-state index in [-0.39, 0.29) is 36.1 Å². The third-order valence-electron chi connectivity index (χ3n) is 4.24. The van der Waals surface area contributed by atoms with E-state index in [4.69, 9.17) is 0 Å². The molecule has 1 aromatic heterocycles. The lowest BCUT2D eigenvalue weighted by Gasteiger charge is -2.19. The third-order valence-corrected chi connectivity index (χ3v) is 4.24. The van der Waals surface area contributed by atoms with E-state index in [1.807, 2.05) is 38.4 Å². The predicted octanol–water partition coefficient (Wildman–Crippen LogP) is 2.14. The van der Waals surface area contributed by atoms with Crippen molar-refractivity contribution in [1.82, 2.24) is 20.4 Å². The number of hydrogen-bond acceptors (Lipinski definition) is 4. The summed E-state index contributed by atoms with van der Waals surface area (Å²) in [7, 11) is 1.85. The summed E-state index contributed by atoms with van der Waals surface area (Å²) in [5, 5.41) is 20.8. The van der Waals surface area contributed by atoms with Crippen molar-refractivity contribution < 1.29 is 9.90 Å². The summed E-state index contributed by atoms with van der Waals surface area (Å²) in [6.07, 6.45) is 3.75. The van der Waals surface area contributed by atoms with Gasteiger partial charge in [0.15, 0.2) is 0 Å². The average molecular weight is 351 g/mol. The van der Waals surface area contributed by atoms with Gasteiger partial charge in [-0.3, -0.25) is 9.48 Å². The Labute approximate surface area is 147 Å². The summed E-state index contributed by atoms with van der Waals surface area (Å²) in [5.74, 6) is 0.156. The fourth-order valence-corrected chi connectivity index (χ4v) is 2.94. The lowest BCUT2D eigenvalue weighted by molar-refractivity contribution is -0.123. The molecule has 0 bridgehead atoms. The number of aromatic nitrogens is 2. The van der Waals surface area contributed by atoms with Crippen LogP contribution in [-0.2, 0) is 11.8 Å². The van der Waals surface area contributed by atoms with Crippen molar-refractivity contribution in [2.45, 2.75) is 31.8 Å². The first-order chi connectivity index (χ1) is 11.0. The molecule has 130 valence electrons. The van der Waals surface area contributed by atoms with Gasteiger partial charge in [0.1, 0.15) is 5.75 Å². The molecule has 2 atom stereocenters. The lowest BCUT2D eigenvalue weighted by atomic mass is 10.0. The minimum atomic E-state index is -0.248. The first-order valence-electron chi connectivity index (χ1n) is 7.91. The first kappa shape index (κ1) is 18.3. The maximum absolute atomic E-state index is 12.2. The summed E-state index contributed by atoms with van der Waals surface area (Å²) < 4.78 is 1.72. The molecule has 0 aliphatic carbocycles. The van der Waals surface area contributed by atoms with Gasteiger partial charge in [-0.25, -0.2) is 0 Å². The molecule has 0 spiro atoms. The van der Waals surface area contributed by atoms with E-state index >= 15 is 0 Å². The van der Waals surface area contributed by atoms with Crippen molar-refractivity contribution in [2.75, 3.05) is 6.54 Å². The van der Waals surface area contributed by atoms with Gasteiger partial charge in [-0.1, -0.05) is 12.1 Å². The smallest absolute Gasteiger partial charge is 0.237 e. The van der Waals surface area contributed by atoms with Crippen LogP contribution < -0.4 is 10.6 Å². The second kappa shape index (κ2) is 7.68. The standard InChI is InChI=1S/C17H22N4O2.ClH/c1-11(19-17(23)15-4-3-8-18-15)13-6-5-12(10-16(13)22)14-7-9-21(2)20-14;/h5-7,9-11,15,18,22H,3-4,8H2,1-2H3,(H,19,23);1H/t11-,15?;/m0./s1. The molecule has 2 aromatic rings. The molecular formula is C17H23ClN4O2. The van der Waals surface area contributed by atoms with Gasteiger partial charge in [0.25, 0.3) is 0 Å². The minimum absolute atomic E-state index is 0. The summed E-state index contributed by atoms with van der Waals surface area (Å²) >= 11 is 0. The molecule has 1 unspecified atom stereocenters. The normalized spacial score (nSPS) is 18.0. The van der Waals surface area contributed by atoms with Gasteiger partial charge in [0, 0.05) is 24.4 Å². The maximum Gasteiger partial charge on any atom is 0.237 e. The summed E-state index contributed by atoms with van der Waals surface area (Å²) in [4.78, 5) is 12.2. The molecular weight excluding hydrogens is 328 g/mol. The number of nitrogens with one attached hydrogen (secondary N) is 2. The first-order valence-corrected chi connectivity index (χ1v) is 7.91. The van der Waals surface area contributed by atoms with Gasteiger partial charge >= 0.3 is 0 Å². The van der Waals surface area contributed by atoms with Gasteiger partial charge in [-0.15, -0.1) is 12.4 Å². The molecule has 3 N–H and O–H groups in total. The van der Waals surface area contributed by atoms with E-state index in [1.54, 1.807) is 10.7 Å². The van der Waals surface area contributed by atoms with Crippen LogP contribution in [0.2, 0.25) is 0 Å². The van der Waals surface area contributed by atoms with Crippen molar-refractivity contribution in [1.29, 1.82) is 0 Å². The largest absolute Gasteiger partial charge is 0.508 e. The topological polar surface area (TPSA) is 79.2 Å². The number of nitrogens with zero attached hydrogens (tertiary/aromatic N) is 2. The number of carbonyl (C=O) groups is 1. The zero-order chi connectivity index (χ0) is 16.4. The van der Waals surface area contributed by atoms with Gasteiger partial charge in [0.05, 0.1) is 17.8 Å². The Balaban J connectivity index is 0.00000208. The maximum atomic E-state index is 12.2. The van der Waals surface area contributed by atoms with Crippen LogP contribution in [0.3, 0.4) is 0 Å². The van der Waals surface area contributed by atoms with Crippen LogP contribution in [0, 0.1) is 0 Å². The zero-order valence-corrected chi connectivity index (χ0v) is 14.6. The van der Waals surface area contributed by atoms with E-state index in [9.17, 15) is 9.90 Å². The van der Waals surface area contributed by atoms with Crippen molar-refractivity contribution in [3.8, 4) is 17.0 Å². The number of phenolic OH excluding ortho intramolecular Hbond substituents is 1. The van der Waals surface area contributed by atoms with Crippen molar-refractivity contribution in [2.24, 2.45) is 7.05 Å². The highest BCUT2D eigenvalue weighted by atomic mass is 35.5. The Bertz CT molecular complexity index is 710. The minimum Gasteiger partial charge on any atom is -0.508 e. The quantitative estimate of drug-likeness (QED) is 0.789. The molecule has 1 aromatic carbocycles. The van der Waals surface area contributed by atoms with Crippen LogP contribution in [-0.4, -0.2) is 33.4 Å². The Hall–Kier alpha value is -2.05. The van der Waals surface area contributed by atoms with Crippen molar-refractivity contribution >= 4 is 18.3 Å². The fraction of sp³-hybridized carbons (Fsp3) is 0.412. The fourth-order valence-electron chi connectivity index (χ4n) is 2.94. The third kappa shape index (κ3) is 3.88. The highest BCUT2D eigenvalue weighted by Gasteiger charge is 2.24. The number of phenols is 1. The second-order valence-electron chi connectivity index (χ2n) is 6.03. The highest BCUT2D eigenvalue weighted by Crippen LogP contribution is 2.29. The number of hydrogen-bond donors (Lipinski definition) is 3. The molecule has 1 aliphatic heterocycles. The second-order valence-corrected chi connectivity index (χ2v) is 6.03. The van der Waals surface area contributed by atoms with Crippen LogP contribution >= 0.6 is 12.4 Å². The van der Waals surface area contributed by atoms with Crippen LogP contribution in [0.1, 0.15) is 31.4 Å². The predicted molar refractivity (Wildman–Crippen MR) is 95.1 cm³/mol. The van der Waals surface area contributed by atoms with Crippen LogP contribution in [0.15, 0.2) is 30.5 Å². The number of carbonyl (C=O) groups excluding carboxylic acids is 1. The molecule has 1 fully saturated rings.